The molecular weight excluding hydrogens is 340 g/mol. The molecule has 1 atom stereocenters. The van der Waals surface area contributed by atoms with Gasteiger partial charge in [0.25, 0.3) is 0 Å². The smallest absolute Gasteiger partial charge is 0.318 e. The molecular formula is C21H30N4O2. The molecule has 2 aromatic rings. The third kappa shape index (κ3) is 4.31. The summed E-state index contributed by atoms with van der Waals surface area (Å²) in [6, 6.07) is 8.89. The number of carbonyl (C=O) groups is 1. The first kappa shape index (κ1) is 19.4. The van der Waals surface area contributed by atoms with Gasteiger partial charge in [-0.2, -0.15) is 0 Å². The van der Waals surface area contributed by atoms with E-state index in [0.29, 0.717) is 38.1 Å². The van der Waals surface area contributed by atoms with Crippen LogP contribution >= 0.6 is 0 Å². The quantitative estimate of drug-likeness (QED) is 0.805. The Labute approximate surface area is 161 Å². The molecule has 1 unspecified atom stereocenters. The van der Waals surface area contributed by atoms with E-state index in [0.717, 1.165) is 5.56 Å². The van der Waals surface area contributed by atoms with Gasteiger partial charge in [-0.1, -0.05) is 62.6 Å². The number of hydrogen-bond donors (Lipinski definition) is 0. The van der Waals surface area contributed by atoms with Crippen molar-refractivity contribution >= 4 is 11.9 Å². The Morgan fingerprint density at radius 1 is 1.00 bits per heavy atom. The number of nitrogens with zero attached hydrogens (tertiary/aromatic N) is 4. The second kappa shape index (κ2) is 8.11. The van der Waals surface area contributed by atoms with Crippen molar-refractivity contribution in [2.75, 3.05) is 31.1 Å². The van der Waals surface area contributed by atoms with Gasteiger partial charge in [0.1, 0.15) is 0 Å². The maximum Gasteiger partial charge on any atom is 0.318 e. The third-order valence-electron chi connectivity index (χ3n) is 5.15. The second-order valence-corrected chi connectivity index (χ2v) is 8.02. The Kier molecular flexibility index (Phi) is 5.82. The highest BCUT2D eigenvalue weighted by molar-refractivity contribution is 5.84. The molecule has 0 N–H and O–H groups in total. The van der Waals surface area contributed by atoms with Crippen molar-refractivity contribution in [2.45, 2.75) is 46.5 Å². The minimum atomic E-state index is -0.104. The summed E-state index contributed by atoms with van der Waals surface area (Å²) in [5.74, 6) is 1.23. The summed E-state index contributed by atoms with van der Waals surface area (Å²) < 4.78 is 5.75. The Bertz CT molecular complexity index is 759. The zero-order valence-corrected chi connectivity index (χ0v) is 17.0. The fourth-order valence-corrected chi connectivity index (χ4v) is 3.49. The Hall–Kier alpha value is -2.37. The Balaban J connectivity index is 1.66. The van der Waals surface area contributed by atoms with Crippen molar-refractivity contribution in [1.29, 1.82) is 0 Å². The molecule has 6 nitrogen and oxygen atoms in total. The molecule has 0 saturated carbocycles. The topological polar surface area (TPSA) is 62.5 Å². The second-order valence-electron chi connectivity index (χ2n) is 8.02. The van der Waals surface area contributed by atoms with Crippen molar-refractivity contribution in [2.24, 2.45) is 5.92 Å². The van der Waals surface area contributed by atoms with Gasteiger partial charge in [-0.05, 0) is 18.4 Å². The minimum Gasteiger partial charge on any atom is -0.408 e. The molecule has 1 amide bonds. The normalized spacial score (nSPS) is 16.3. The molecule has 1 aliphatic heterocycles. The number of hydrogen-bond acceptors (Lipinski definition) is 5. The van der Waals surface area contributed by atoms with E-state index in [4.69, 9.17) is 4.42 Å². The number of rotatable bonds is 5. The van der Waals surface area contributed by atoms with Crippen LogP contribution in [0.2, 0.25) is 0 Å². The van der Waals surface area contributed by atoms with Crippen LogP contribution in [0.15, 0.2) is 28.7 Å². The maximum absolute atomic E-state index is 13.2. The van der Waals surface area contributed by atoms with E-state index in [2.05, 4.69) is 60.1 Å². The summed E-state index contributed by atoms with van der Waals surface area (Å²) in [6.45, 7) is 13.1. The summed E-state index contributed by atoms with van der Waals surface area (Å²) in [6.07, 6.45) is 0. The van der Waals surface area contributed by atoms with E-state index >= 15 is 0 Å². The van der Waals surface area contributed by atoms with Gasteiger partial charge in [0.15, 0.2) is 0 Å². The van der Waals surface area contributed by atoms with Gasteiger partial charge in [0, 0.05) is 32.1 Å². The van der Waals surface area contributed by atoms with E-state index in [-0.39, 0.29) is 23.7 Å². The third-order valence-corrected chi connectivity index (χ3v) is 5.15. The lowest BCUT2D eigenvalue weighted by atomic mass is 9.86. The van der Waals surface area contributed by atoms with E-state index < -0.39 is 0 Å². The van der Waals surface area contributed by atoms with E-state index in [9.17, 15) is 4.79 Å². The fourth-order valence-electron chi connectivity index (χ4n) is 3.49. The fraction of sp³-hybridized carbons (Fsp3) is 0.571. The van der Waals surface area contributed by atoms with Crippen LogP contribution in [0.4, 0.5) is 6.01 Å². The molecule has 1 saturated heterocycles. The number of piperazine rings is 1. The lowest BCUT2D eigenvalue weighted by molar-refractivity contribution is -0.134. The summed E-state index contributed by atoms with van der Waals surface area (Å²) in [4.78, 5) is 17.3. The van der Waals surface area contributed by atoms with Gasteiger partial charge in [0.2, 0.25) is 11.8 Å². The maximum atomic E-state index is 13.2. The average Bonchev–Trinajstić information content (AvgIpc) is 3.14. The number of amides is 1. The first-order valence-electron chi connectivity index (χ1n) is 9.80. The van der Waals surface area contributed by atoms with E-state index in [1.54, 1.807) is 0 Å². The molecule has 0 bridgehead atoms. The highest BCUT2D eigenvalue weighted by atomic mass is 16.4. The Morgan fingerprint density at radius 2 is 1.63 bits per heavy atom. The largest absolute Gasteiger partial charge is 0.408 e. The van der Waals surface area contributed by atoms with Crippen LogP contribution in [0.5, 0.6) is 0 Å². The molecule has 1 aromatic carbocycles. The van der Waals surface area contributed by atoms with Crippen LogP contribution in [0.1, 0.15) is 56.5 Å². The summed E-state index contributed by atoms with van der Waals surface area (Å²) in [7, 11) is 0. The average molecular weight is 370 g/mol. The lowest BCUT2D eigenvalue weighted by Crippen LogP contribution is -2.50. The molecule has 2 heterocycles. The van der Waals surface area contributed by atoms with E-state index in [1.165, 1.54) is 5.56 Å². The molecule has 27 heavy (non-hydrogen) atoms. The molecule has 1 aliphatic rings. The van der Waals surface area contributed by atoms with Crippen LogP contribution in [0, 0.1) is 12.8 Å². The van der Waals surface area contributed by atoms with Crippen molar-refractivity contribution in [3.63, 3.8) is 0 Å². The van der Waals surface area contributed by atoms with Crippen LogP contribution in [-0.2, 0) is 4.79 Å². The lowest BCUT2D eigenvalue weighted by Gasteiger charge is -2.36. The molecule has 146 valence electrons. The minimum absolute atomic E-state index is 0.104. The standard InChI is InChI=1S/C21H30N4O2/c1-14(2)18(17-8-6-16(5)7-9-17)20(26)24-10-12-25(13-11-24)21-23-22-19(27-21)15(3)4/h6-9,14-15,18H,10-13H2,1-5H3. The highest BCUT2D eigenvalue weighted by Crippen LogP contribution is 2.28. The summed E-state index contributed by atoms with van der Waals surface area (Å²) >= 11 is 0. The number of anilines is 1. The molecule has 0 spiro atoms. The Morgan fingerprint density at radius 3 is 2.15 bits per heavy atom. The molecule has 1 aromatic heterocycles. The van der Waals surface area contributed by atoms with Crippen LogP contribution < -0.4 is 4.90 Å². The van der Waals surface area contributed by atoms with E-state index in [1.807, 2.05) is 18.7 Å². The van der Waals surface area contributed by atoms with Crippen molar-refractivity contribution in [1.82, 2.24) is 15.1 Å². The zero-order valence-electron chi connectivity index (χ0n) is 17.0. The number of carbonyl (C=O) groups excluding carboxylic acids is 1. The predicted molar refractivity (Wildman–Crippen MR) is 106 cm³/mol. The zero-order chi connectivity index (χ0) is 19.6. The molecule has 6 heteroatoms. The molecule has 0 aliphatic carbocycles. The van der Waals surface area contributed by atoms with Crippen molar-refractivity contribution in [3.8, 4) is 0 Å². The summed E-state index contributed by atoms with van der Waals surface area (Å²) in [5, 5.41) is 8.26. The van der Waals surface area contributed by atoms with Gasteiger partial charge in [-0.3, -0.25) is 4.79 Å². The molecule has 1 fully saturated rings. The van der Waals surface area contributed by atoms with Gasteiger partial charge in [-0.25, -0.2) is 0 Å². The first-order chi connectivity index (χ1) is 12.9. The van der Waals surface area contributed by atoms with Crippen LogP contribution in [0.25, 0.3) is 0 Å². The number of aryl methyl sites for hydroxylation is 1. The van der Waals surface area contributed by atoms with Crippen LogP contribution in [0.3, 0.4) is 0 Å². The number of benzene rings is 1. The highest BCUT2D eigenvalue weighted by Gasteiger charge is 2.31. The molecule has 3 rings (SSSR count). The number of aromatic nitrogens is 2. The van der Waals surface area contributed by atoms with Gasteiger partial charge in [-0.15, -0.1) is 5.10 Å². The monoisotopic (exact) mass is 370 g/mol. The predicted octanol–water partition coefficient (Wildman–Crippen LogP) is 3.59. The van der Waals surface area contributed by atoms with Crippen molar-refractivity contribution < 1.29 is 9.21 Å². The van der Waals surface area contributed by atoms with Crippen LogP contribution in [-0.4, -0.2) is 47.2 Å². The van der Waals surface area contributed by atoms with Gasteiger partial charge < -0.3 is 14.2 Å². The SMILES string of the molecule is Cc1ccc(C(C(=O)N2CCN(c3nnc(C(C)C)o3)CC2)C(C)C)cc1. The van der Waals surface area contributed by atoms with Crippen molar-refractivity contribution in [3.05, 3.63) is 41.3 Å². The van der Waals surface area contributed by atoms with Gasteiger partial charge >= 0.3 is 6.01 Å². The molecule has 0 radical (unpaired) electrons. The van der Waals surface area contributed by atoms with Gasteiger partial charge in [0.05, 0.1) is 5.92 Å². The summed E-state index contributed by atoms with van der Waals surface area (Å²) in [5.41, 5.74) is 2.31. The first-order valence-corrected chi connectivity index (χ1v) is 9.80.